The molecule has 3 amide bonds. The number of benzene rings is 1. The molecule has 1 aromatic rings. The molecule has 7 heteroatoms. The predicted molar refractivity (Wildman–Crippen MR) is 94.4 cm³/mol. The molecule has 0 saturated heterocycles. The van der Waals surface area contributed by atoms with Crippen LogP contribution >= 0.6 is 0 Å². The van der Waals surface area contributed by atoms with E-state index in [1.54, 1.807) is 37.3 Å². The molecule has 1 aliphatic rings. The molecule has 0 N–H and O–H groups in total. The number of rotatable bonds is 8. The van der Waals surface area contributed by atoms with E-state index in [1.165, 1.54) is 12.0 Å². The quantitative estimate of drug-likeness (QED) is 0.399. The number of hydrogen-bond acceptors (Lipinski definition) is 5. The van der Waals surface area contributed by atoms with Crippen LogP contribution in [0.4, 0.5) is 0 Å². The minimum atomic E-state index is -0.483. The van der Waals surface area contributed by atoms with Gasteiger partial charge in [0.25, 0.3) is 11.8 Å². The smallest absolute Gasteiger partial charge is 0.310 e. The fraction of sp³-hybridized carbons (Fsp3) is 0.368. The van der Waals surface area contributed by atoms with Gasteiger partial charge in [-0.3, -0.25) is 24.1 Å². The maximum atomic E-state index is 12.5. The average Bonchev–Trinajstić information content (AvgIpc) is 2.89. The summed E-state index contributed by atoms with van der Waals surface area (Å²) < 4.78 is 4.68. The van der Waals surface area contributed by atoms with Crippen molar-refractivity contribution >= 4 is 23.7 Å². The highest BCUT2D eigenvalue weighted by molar-refractivity contribution is 6.21. The maximum absolute atomic E-state index is 12.5. The Morgan fingerprint density at radius 3 is 2.31 bits per heavy atom. The SMILES string of the molecule is C=CCN(CC(C)C(=O)OC)C(=O)CCN1C(=O)c2ccccc2C1=O. The largest absolute Gasteiger partial charge is 0.469 e. The number of imide groups is 1. The normalized spacial score (nSPS) is 14.0. The van der Waals surface area contributed by atoms with Crippen molar-refractivity contribution in [1.29, 1.82) is 0 Å². The van der Waals surface area contributed by atoms with Gasteiger partial charge in [0.15, 0.2) is 0 Å². The second-order valence-electron chi connectivity index (χ2n) is 6.07. The van der Waals surface area contributed by atoms with Crippen LogP contribution in [0.15, 0.2) is 36.9 Å². The molecule has 26 heavy (non-hydrogen) atoms. The summed E-state index contributed by atoms with van der Waals surface area (Å²) in [6.45, 7) is 5.72. The highest BCUT2D eigenvalue weighted by Gasteiger charge is 2.35. The molecule has 1 aliphatic heterocycles. The van der Waals surface area contributed by atoms with E-state index in [1.807, 2.05) is 0 Å². The third-order valence-electron chi connectivity index (χ3n) is 4.23. The van der Waals surface area contributed by atoms with Gasteiger partial charge < -0.3 is 9.64 Å². The van der Waals surface area contributed by atoms with Crippen molar-refractivity contribution in [3.63, 3.8) is 0 Å². The lowest BCUT2D eigenvalue weighted by molar-refractivity contribution is -0.146. The molecule has 0 spiro atoms. The van der Waals surface area contributed by atoms with Crippen LogP contribution in [0.1, 0.15) is 34.1 Å². The average molecular weight is 358 g/mol. The molecule has 0 aromatic heterocycles. The first-order chi connectivity index (χ1) is 12.4. The number of nitrogens with zero attached hydrogens (tertiary/aromatic N) is 2. The topological polar surface area (TPSA) is 84.0 Å². The van der Waals surface area contributed by atoms with Gasteiger partial charge in [0.05, 0.1) is 24.2 Å². The van der Waals surface area contributed by atoms with Crippen LogP contribution < -0.4 is 0 Å². The molecule has 1 unspecified atom stereocenters. The number of esters is 1. The summed E-state index contributed by atoms with van der Waals surface area (Å²) in [5, 5.41) is 0. The van der Waals surface area contributed by atoms with E-state index >= 15 is 0 Å². The highest BCUT2D eigenvalue weighted by atomic mass is 16.5. The van der Waals surface area contributed by atoms with Crippen molar-refractivity contribution in [3.8, 4) is 0 Å². The van der Waals surface area contributed by atoms with Gasteiger partial charge in [-0.25, -0.2) is 0 Å². The number of ether oxygens (including phenoxy) is 1. The summed E-state index contributed by atoms with van der Waals surface area (Å²) >= 11 is 0. The third-order valence-corrected chi connectivity index (χ3v) is 4.23. The van der Waals surface area contributed by atoms with Gasteiger partial charge in [0.1, 0.15) is 0 Å². The molecular formula is C19H22N2O5. The number of amides is 3. The minimum absolute atomic E-state index is 0.00850. The van der Waals surface area contributed by atoms with Crippen molar-refractivity contribution < 1.29 is 23.9 Å². The number of methoxy groups -OCH3 is 1. The molecule has 1 heterocycles. The first kappa shape index (κ1) is 19.4. The van der Waals surface area contributed by atoms with Gasteiger partial charge in [0, 0.05) is 26.1 Å². The highest BCUT2D eigenvalue weighted by Crippen LogP contribution is 2.22. The van der Waals surface area contributed by atoms with E-state index in [0.29, 0.717) is 11.1 Å². The van der Waals surface area contributed by atoms with Crippen molar-refractivity contribution in [3.05, 3.63) is 48.0 Å². The fourth-order valence-corrected chi connectivity index (χ4v) is 2.85. The zero-order valence-corrected chi connectivity index (χ0v) is 14.9. The van der Waals surface area contributed by atoms with Crippen LogP contribution in [0.2, 0.25) is 0 Å². The maximum Gasteiger partial charge on any atom is 0.310 e. The van der Waals surface area contributed by atoms with Gasteiger partial charge in [-0.1, -0.05) is 25.1 Å². The molecule has 7 nitrogen and oxygen atoms in total. The standard InChI is InChI=1S/C19H22N2O5/c1-4-10-20(12-13(2)19(25)26-3)16(22)9-11-21-17(23)14-7-5-6-8-15(14)18(21)24/h4-8,13H,1,9-12H2,2-3H3. The summed E-state index contributed by atoms with van der Waals surface area (Å²) in [6.07, 6.45) is 1.54. The molecule has 1 atom stereocenters. The minimum Gasteiger partial charge on any atom is -0.469 e. The van der Waals surface area contributed by atoms with E-state index in [2.05, 4.69) is 11.3 Å². The summed E-state index contributed by atoms with van der Waals surface area (Å²) in [6, 6.07) is 6.58. The molecule has 138 valence electrons. The zero-order chi connectivity index (χ0) is 19.3. The Bertz CT molecular complexity index is 708. The van der Waals surface area contributed by atoms with Crippen molar-refractivity contribution in [2.24, 2.45) is 5.92 Å². The molecular weight excluding hydrogens is 336 g/mol. The summed E-state index contributed by atoms with van der Waals surface area (Å²) in [5.41, 5.74) is 0.708. The van der Waals surface area contributed by atoms with Crippen molar-refractivity contribution in [1.82, 2.24) is 9.80 Å². The number of carbonyl (C=O) groups excluding carboxylic acids is 4. The van der Waals surface area contributed by atoms with Crippen LogP contribution in [0.25, 0.3) is 0 Å². The molecule has 1 aromatic carbocycles. The molecule has 0 bridgehead atoms. The molecule has 0 saturated carbocycles. The number of hydrogen-bond donors (Lipinski definition) is 0. The fourth-order valence-electron chi connectivity index (χ4n) is 2.85. The number of fused-ring (bicyclic) bond motifs is 1. The molecule has 0 radical (unpaired) electrons. The number of carbonyl (C=O) groups is 4. The molecule has 2 rings (SSSR count). The summed E-state index contributed by atoms with van der Waals surface area (Å²) in [7, 11) is 1.29. The summed E-state index contributed by atoms with van der Waals surface area (Å²) in [4.78, 5) is 51.3. The van der Waals surface area contributed by atoms with Crippen LogP contribution in [-0.2, 0) is 14.3 Å². The van der Waals surface area contributed by atoms with E-state index in [4.69, 9.17) is 0 Å². The lowest BCUT2D eigenvalue weighted by Gasteiger charge is -2.24. The van der Waals surface area contributed by atoms with Crippen LogP contribution in [0.5, 0.6) is 0 Å². The predicted octanol–water partition coefficient (Wildman–Crippen LogP) is 1.50. The Balaban J connectivity index is 2.00. The van der Waals surface area contributed by atoms with Crippen LogP contribution in [0.3, 0.4) is 0 Å². The van der Waals surface area contributed by atoms with Crippen LogP contribution in [0, 0.1) is 5.92 Å². The zero-order valence-electron chi connectivity index (χ0n) is 14.9. The van der Waals surface area contributed by atoms with E-state index in [0.717, 1.165) is 4.90 Å². The Kier molecular flexibility index (Phi) is 6.27. The van der Waals surface area contributed by atoms with E-state index in [-0.39, 0.29) is 32.0 Å². The Morgan fingerprint density at radius 2 is 1.81 bits per heavy atom. The van der Waals surface area contributed by atoms with Gasteiger partial charge in [-0.05, 0) is 12.1 Å². The Hall–Kier alpha value is -2.96. The molecule has 0 aliphatic carbocycles. The monoisotopic (exact) mass is 358 g/mol. The second-order valence-corrected chi connectivity index (χ2v) is 6.07. The lowest BCUT2D eigenvalue weighted by Crippen LogP contribution is -2.40. The van der Waals surface area contributed by atoms with Crippen molar-refractivity contribution in [2.75, 3.05) is 26.7 Å². The van der Waals surface area contributed by atoms with Gasteiger partial charge >= 0.3 is 5.97 Å². The first-order valence-corrected chi connectivity index (χ1v) is 8.32. The second kappa shape index (κ2) is 8.42. The Morgan fingerprint density at radius 1 is 1.23 bits per heavy atom. The first-order valence-electron chi connectivity index (χ1n) is 8.32. The van der Waals surface area contributed by atoms with Gasteiger partial charge in [-0.15, -0.1) is 6.58 Å². The molecule has 0 fully saturated rings. The van der Waals surface area contributed by atoms with Crippen molar-refractivity contribution in [2.45, 2.75) is 13.3 Å². The lowest BCUT2D eigenvalue weighted by atomic mass is 10.1. The Labute approximate surface area is 152 Å². The van der Waals surface area contributed by atoms with E-state index < -0.39 is 23.7 Å². The van der Waals surface area contributed by atoms with Gasteiger partial charge in [-0.2, -0.15) is 0 Å². The van der Waals surface area contributed by atoms with Crippen LogP contribution in [-0.4, -0.2) is 60.2 Å². The van der Waals surface area contributed by atoms with E-state index in [9.17, 15) is 19.2 Å². The summed E-state index contributed by atoms with van der Waals surface area (Å²) in [5.74, 6) is -1.94. The van der Waals surface area contributed by atoms with Gasteiger partial charge in [0.2, 0.25) is 5.91 Å². The third kappa shape index (κ3) is 3.99.